The molecule has 0 radical (unpaired) electrons. The quantitative estimate of drug-likeness (QED) is 0.346. The summed E-state index contributed by atoms with van der Waals surface area (Å²) in [5.74, 6) is 1.44. The lowest BCUT2D eigenvalue weighted by Crippen LogP contribution is -2.54. The monoisotopic (exact) mass is 558 g/mol. The second-order valence-electron chi connectivity index (χ2n) is 9.55. The number of hydrogen-bond donors (Lipinski definition) is 1. The van der Waals surface area contributed by atoms with E-state index in [0.29, 0.717) is 51.3 Å². The minimum atomic E-state index is -0.618. The standard InChI is InChI=1S/C27H34N4O7S/c1-37-23-8-4-21(5-9-23)19-39-24-16-25(26(33)29-12-10-28(11-13-29)14-15-32)30(17-24)27(34)38-18-20-2-6-22(7-3-20)31(35)36/h2-9,24-25,32H,10-19H2,1H3/t24-,25-/m0/s1. The molecule has 1 N–H and O–H groups in total. The van der Waals surface area contributed by atoms with Crippen molar-refractivity contribution in [1.82, 2.24) is 14.7 Å². The van der Waals surface area contributed by atoms with Crippen LogP contribution in [0.25, 0.3) is 0 Å². The fourth-order valence-electron chi connectivity index (χ4n) is 4.78. The Morgan fingerprint density at radius 2 is 1.72 bits per heavy atom. The van der Waals surface area contributed by atoms with Crippen molar-refractivity contribution in [3.8, 4) is 5.75 Å². The molecule has 0 aliphatic carbocycles. The van der Waals surface area contributed by atoms with E-state index in [9.17, 15) is 24.8 Å². The molecule has 39 heavy (non-hydrogen) atoms. The molecule has 2 aromatic carbocycles. The van der Waals surface area contributed by atoms with Gasteiger partial charge in [-0.2, -0.15) is 11.8 Å². The van der Waals surface area contributed by atoms with Gasteiger partial charge in [0.15, 0.2) is 0 Å². The van der Waals surface area contributed by atoms with Gasteiger partial charge in [-0.1, -0.05) is 12.1 Å². The molecule has 0 saturated carbocycles. The highest BCUT2D eigenvalue weighted by atomic mass is 32.2. The molecule has 2 aliphatic rings. The van der Waals surface area contributed by atoms with Gasteiger partial charge in [0.25, 0.3) is 5.69 Å². The number of amides is 2. The van der Waals surface area contributed by atoms with Gasteiger partial charge in [-0.25, -0.2) is 4.79 Å². The van der Waals surface area contributed by atoms with Crippen LogP contribution in [0.2, 0.25) is 0 Å². The summed E-state index contributed by atoms with van der Waals surface area (Å²) in [7, 11) is 1.63. The Hall–Kier alpha value is -3.35. The van der Waals surface area contributed by atoms with E-state index in [1.807, 2.05) is 24.3 Å². The van der Waals surface area contributed by atoms with Crippen molar-refractivity contribution in [3.05, 3.63) is 69.8 Å². The summed E-state index contributed by atoms with van der Waals surface area (Å²) >= 11 is 1.70. The Kier molecular flexibility index (Phi) is 10.0. The molecule has 12 heteroatoms. The third-order valence-corrected chi connectivity index (χ3v) is 8.35. The van der Waals surface area contributed by atoms with E-state index in [0.717, 1.165) is 17.1 Å². The Morgan fingerprint density at radius 3 is 2.33 bits per heavy atom. The Morgan fingerprint density at radius 1 is 1.05 bits per heavy atom. The summed E-state index contributed by atoms with van der Waals surface area (Å²) in [6.07, 6.45) is -0.0402. The molecular weight excluding hydrogens is 524 g/mol. The summed E-state index contributed by atoms with van der Waals surface area (Å²) < 4.78 is 10.8. The molecule has 0 unspecified atom stereocenters. The normalized spacial score (nSPS) is 19.6. The van der Waals surface area contributed by atoms with E-state index in [1.165, 1.54) is 17.0 Å². The summed E-state index contributed by atoms with van der Waals surface area (Å²) in [6, 6.07) is 13.1. The third kappa shape index (κ3) is 7.61. The molecule has 0 spiro atoms. The number of non-ortho nitro benzene ring substituents is 1. The highest BCUT2D eigenvalue weighted by molar-refractivity contribution is 7.99. The first-order chi connectivity index (χ1) is 18.9. The van der Waals surface area contributed by atoms with E-state index in [1.54, 1.807) is 35.9 Å². The second-order valence-corrected chi connectivity index (χ2v) is 10.8. The number of carbonyl (C=O) groups is 2. The first kappa shape index (κ1) is 28.7. The summed E-state index contributed by atoms with van der Waals surface area (Å²) in [4.78, 5) is 42.6. The van der Waals surface area contributed by atoms with Crippen LogP contribution >= 0.6 is 11.8 Å². The number of benzene rings is 2. The number of aliphatic hydroxyl groups excluding tert-OH is 1. The highest BCUT2D eigenvalue weighted by Gasteiger charge is 2.42. The molecule has 210 valence electrons. The van der Waals surface area contributed by atoms with Crippen molar-refractivity contribution < 1.29 is 29.1 Å². The number of hydrogen-bond acceptors (Lipinski definition) is 9. The van der Waals surface area contributed by atoms with E-state index in [2.05, 4.69) is 4.90 Å². The molecule has 4 rings (SSSR count). The van der Waals surface area contributed by atoms with Gasteiger partial charge < -0.3 is 19.5 Å². The Balaban J connectivity index is 1.40. The molecule has 2 aromatic rings. The highest BCUT2D eigenvalue weighted by Crippen LogP contribution is 2.32. The number of likely N-dealkylation sites (tertiary alicyclic amines) is 1. The van der Waals surface area contributed by atoms with Crippen LogP contribution in [0, 0.1) is 10.1 Å². The SMILES string of the molecule is COc1ccc(CS[C@H]2C[C@@H](C(=O)N3CCN(CCO)CC3)N(C(=O)OCc3ccc([N+](=O)[O-])cc3)C2)cc1. The smallest absolute Gasteiger partial charge is 0.410 e. The second kappa shape index (κ2) is 13.6. The van der Waals surface area contributed by atoms with Crippen molar-refractivity contribution in [2.45, 2.75) is 30.1 Å². The number of nitro benzene ring substituents is 1. The zero-order valence-electron chi connectivity index (χ0n) is 21.9. The molecule has 2 heterocycles. The number of aliphatic hydroxyl groups is 1. The number of nitro groups is 1. The van der Waals surface area contributed by atoms with Crippen LogP contribution in [0.1, 0.15) is 17.5 Å². The minimum absolute atomic E-state index is 0.0360. The molecule has 2 atom stereocenters. The maximum atomic E-state index is 13.6. The molecule has 0 aromatic heterocycles. The third-order valence-electron chi connectivity index (χ3n) is 7.04. The number of piperazine rings is 1. The van der Waals surface area contributed by atoms with Crippen LogP contribution in [0.15, 0.2) is 48.5 Å². The number of β-amino-alcohol motifs (C(OH)–C–C–N with tert-alkyl or cyclic N) is 1. The first-order valence-electron chi connectivity index (χ1n) is 12.9. The number of carbonyl (C=O) groups excluding carboxylic acids is 2. The van der Waals surface area contributed by atoms with E-state index in [-0.39, 0.29) is 30.1 Å². The van der Waals surface area contributed by atoms with Crippen molar-refractivity contribution in [2.75, 3.05) is 53.0 Å². The Bertz CT molecular complexity index is 1120. The molecule has 0 bridgehead atoms. The average molecular weight is 559 g/mol. The number of ether oxygens (including phenoxy) is 2. The van der Waals surface area contributed by atoms with Crippen molar-refractivity contribution in [3.63, 3.8) is 0 Å². The van der Waals surface area contributed by atoms with E-state index >= 15 is 0 Å². The van der Waals surface area contributed by atoms with Crippen LogP contribution in [0.5, 0.6) is 5.75 Å². The maximum absolute atomic E-state index is 13.6. The van der Waals surface area contributed by atoms with Crippen LogP contribution in [-0.4, -0.2) is 101 Å². The minimum Gasteiger partial charge on any atom is -0.497 e. The zero-order valence-corrected chi connectivity index (χ0v) is 22.8. The van der Waals surface area contributed by atoms with Gasteiger partial charge in [0, 0.05) is 62.4 Å². The van der Waals surface area contributed by atoms with Crippen LogP contribution in [-0.2, 0) is 21.9 Å². The van der Waals surface area contributed by atoms with Crippen molar-refractivity contribution in [2.24, 2.45) is 0 Å². The topological polar surface area (TPSA) is 126 Å². The maximum Gasteiger partial charge on any atom is 0.410 e. The van der Waals surface area contributed by atoms with Gasteiger partial charge >= 0.3 is 6.09 Å². The first-order valence-corrected chi connectivity index (χ1v) is 14.0. The molecule has 2 saturated heterocycles. The lowest BCUT2D eigenvalue weighted by molar-refractivity contribution is -0.384. The summed E-state index contributed by atoms with van der Waals surface area (Å²) in [5, 5.41) is 20.2. The van der Waals surface area contributed by atoms with Crippen LogP contribution in [0.3, 0.4) is 0 Å². The lowest BCUT2D eigenvalue weighted by Gasteiger charge is -2.36. The number of nitrogens with zero attached hydrogens (tertiary/aromatic N) is 4. The van der Waals surface area contributed by atoms with Gasteiger partial charge in [0.1, 0.15) is 18.4 Å². The fourth-order valence-corrected chi connectivity index (χ4v) is 5.98. The number of rotatable bonds is 10. The lowest BCUT2D eigenvalue weighted by atomic mass is 10.1. The van der Waals surface area contributed by atoms with Gasteiger partial charge in [-0.3, -0.25) is 24.7 Å². The molecule has 2 amide bonds. The van der Waals surface area contributed by atoms with Gasteiger partial charge in [-0.05, 0) is 41.8 Å². The predicted octanol–water partition coefficient (Wildman–Crippen LogP) is 2.75. The van der Waals surface area contributed by atoms with Gasteiger partial charge in [-0.15, -0.1) is 0 Å². The molecular formula is C27H34N4O7S. The van der Waals surface area contributed by atoms with Gasteiger partial charge in [0.2, 0.25) is 5.91 Å². The number of methoxy groups -OCH3 is 1. The zero-order chi connectivity index (χ0) is 27.8. The van der Waals surface area contributed by atoms with Crippen molar-refractivity contribution in [1.29, 1.82) is 0 Å². The molecule has 2 aliphatic heterocycles. The van der Waals surface area contributed by atoms with E-state index in [4.69, 9.17) is 9.47 Å². The summed E-state index contributed by atoms with van der Waals surface area (Å²) in [6.45, 7) is 3.46. The molecule has 2 fully saturated rings. The van der Waals surface area contributed by atoms with Crippen LogP contribution in [0.4, 0.5) is 10.5 Å². The van der Waals surface area contributed by atoms with Gasteiger partial charge in [0.05, 0.1) is 18.6 Å². The van der Waals surface area contributed by atoms with E-state index < -0.39 is 17.1 Å². The predicted molar refractivity (Wildman–Crippen MR) is 147 cm³/mol. The fraction of sp³-hybridized carbons (Fsp3) is 0.481. The Labute approximate surface area is 231 Å². The average Bonchev–Trinajstić information content (AvgIpc) is 3.40. The summed E-state index contributed by atoms with van der Waals surface area (Å²) in [5.41, 5.74) is 1.72. The largest absolute Gasteiger partial charge is 0.497 e. The number of thioether (sulfide) groups is 1. The van der Waals surface area contributed by atoms with Crippen molar-refractivity contribution >= 4 is 29.4 Å². The van der Waals surface area contributed by atoms with Crippen LogP contribution < -0.4 is 4.74 Å². The molecule has 11 nitrogen and oxygen atoms in total.